The van der Waals surface area contributed by atoms with Crippen molar-refractivity contribution in [3.8, 4) is 0 Å². The van der Waals surface area contributed by atoms with Gasteiger partial charge in [-0.05, 0) is 30.7 Å². The van der Waals surface area contributed by atoms with Crippen molar-refractivity contribution in [3.05, 3.63) is 30.3 Å². The van der Waals surface area contributed by atoms with Crippen molar-refractivity contribution < 1.29 is 14.4 Å². The van der Waals surface area contributed by atoms with Gasteiger partial charge in [0.05, 0.1) is 12.6 Å². The first-order valence-electron chi connectivity index (χ1n) is 9.19. The molecule has 1 N–H and O–H groups in total. The molecule has 1 aromatic carbocycles. The molecule has 2 atom stereocenters. The summed E-state index contributed by atoms with van der Waals surface area (Å²) in [5.74, 6) is 0.846. The third kappa shape index (κ3) is 4.74. The summed E-state index contributed by atoms with van der Waals surface area (Å²) in [4.78, 5) is 42.7. The van der Waals surface area contributed by atoms with Gasteiger partial charge in [-0.1, -0.05) is 18.2 Å². The van der Waals surface area contributed by atoms with Crippen molar-refractivity contribution in [2.24, 2.45) is 0 Å². The van der Waals surface area contributed by atoms with Gasteiger partial charge >= 0.3 is 6.03 Å². The third-order valence-corrected chi connectivity index (χ3v) is 6.08. The molecule has 0 radical (unpaired) electrons. The Morgan fingerprint density at radius 3 is 2.78 bits per heavy atom. The number of carbonyl (C=O) groups excluding carboxylic acids is 3. The highest BCUT2D eigenvalue weighted by atomic mass is 32.2. The zero-order valence-electron chi connectivity index (χ0n) is 15.8. The molecule has 0 spiro atoms. The van der Waals surface area contributed by atoms with E-state index in [-0.39, 0.29) is 30.4 Å². The van der Waals surface area contributed by atoms with Crippen LogP contribution in [0.15, 0.2) is 35.2 Å². The van der Waals surface area contributed by atoms with Crippen LogP contribution in [0.4, 0.5) is 4.79 Å². The molecule has 0 unspecified atom stereocenters. The van der Waals surface area contributed by atoms with Gasteiger partial charge < -0.3 is 20.0 Å². The molecule has 2 fully saturated rings. The fraction of sp³-hybridized carbons (Fsp3) is 0.526. The fourth-order valence-corrected chi connectivity index (χ4v) is 4.33. The second-order valence-corrected chi connectivity index (χ2v) is 8.24. The van der Waals surface area contributed by atoms with E-state index in [0.717, 1.165) is 12.2 Å². The molecular weight excluding hydrogens is 364 g/mol. The predicted octanol–water partition coefficient (Wildman–Crippen LogP) is 1.25. The molecule has 2 saturated heterocycles. The number of hydrogen-bond donors (Lipinski definition) is 1. The Balaban J connectivity index is 1.41. The molecule has 7 nitrogen and oxygen atoms in total. The van der Waals surface area contributed by atoms with Crippen LogP contribution in [0.3, 0.4) is 0 Å². The highest BCUT2D eigenvalue weighted by Crippen LogP contribution is 2.23. The Labute approximate surface area is 164 Å². The van der Waals surface area contributed by atoms with Crippen molar-refractivity contribution in [2.75, 3.05) is 39.5 Å². The summed E-state index contributed by atoms with van der Waals surface area (Å²) in [6, 6.07) is 9.42. The lowest BCUT2D eigenvalue weighted by Gasteiger charge is -2.33. The largest absolute Gasteiger partial charge is 0.335 e. The zero-order valence-corrected chi connectivity index (χ0v) is 16.6. The van der Waals surface area contributed by atoms with E-state index in [0.29, 0.717) is 19.5 Å². The standard InChI is InChI=1S/C19H26N4O3S/c1-21(9-6-10-27-15-7-4-3-5-8-15)19(26)20-14-11-16-18(25)22(2)13-17(24)23(16)12-14/h3-5,7-8,14,16H,6,9-13H2,1-2H3,(H,20,26)/t14-,16+/m1/s1. The second kappa shape index (κ2) is 8.65. The minimum absolute atomic E-state index is 0.0439. The summed E-state index contributed by atoms with van der Waals surface area (Å²) in [5, 5.41) is 2.97. The summed E-state index contributed by atoms with van der Waals surface area (Å²) in [6.07, 6.45) is 1.38. The van der Waals surface area contributed by atoms with Crippen molar-refractivity contribution >= 4 is 29.6 Å². The lowest BCUT2D eigenvalue weighted by atomic mass is 10.1. The van der Waals surface area contributed by atoms with Gasteiger partial charge in [-0.15, -0.1) is 11.8 Å². The Bertz CT molecular complexity index is 699. The van der Waals surface area contributed by atoms with E-state index < -0.39 is 6.04 Å². The summed E-state index contributed by atoms with van der Waals surface area (Å²) >= 11 is 1.78. The number of amides is 4. The van der Waals surface area contributed by atoms with E-state index >= 15 is 0 Å². The van der Waals surface area contributed by atoms with Crippen LogP contribution >= 0.6 is 11.8 Å². The van der Waals surface area contributed by atoms with Crippen molar-refractivity contribution in [2.45, 2.75) is 29.8 Å². The number of nitrogens with zero attached hydrogens (tertiary/aromatic N) is 3. The molecule has 27 heavy (non-hydrogen) atoms. The molecule has 2 aliphatic rings. The number of nitrogens with one attached hydrogen (secondary N) is 1. The van der Waals surface area contributed by atoms with Crippen LogP contribution in [-0.2, 0) is 9.59 Å². The molecule has 0 bridgehead atoms. The molecule has 4 amide bonds. The molecule has 3 rings (SSSR count). The van der Waals surface area contributed by atoms with E-state index in [9.17, 15) is 14.4 Å². The second-order valence-electron chi connectivity index (χ2n) is 7.07. The van der Waals surface area contributed by atoms with Gasteiger partial charge in [0.1, 0.15) is 6.04 Å². The molecule has 2 heterocycles. The number of carbonyl (C=O) groups is 3. The third-order valence-electron chi connectivity index (χ3n) is 4.98. The monoisotopic (exact) mass is 390 g/mol. The van der Waals surface area contributed by atoms with Crippen LogP contribution < -0.4 is 5.32 Å². The number of urea groups is 1. The number of thioether (sulfide) groups is 1. The van der Waals surface area contributed by atoms with Crippen LogP contribution in [0.1, 0.15) is 12.8 Å². The summed E-state index contributed by atoms with van der Waals surface area (Å²) in [5.41, 5.74) is 0. The lowest BCUT2D eigenvalue weighted by Crippen LogP contribution is -2.55. The van der Waals surface area contributed by atoms with E-state index in [1.54, 1.807) is 35.7 Å². The Morgan fingerprint density at radius 1 is 1.30 bits per heavy atom. The van der Waals surface area contributed by atoms with E-state index in [1.807, 2.05) is 18.2 Å². The van der Waals surface area contributed by atoms with Crippen LogP contribution in [0.2, 0.25) is 0 Å². The highest BCUT2D eigenvalue weighted by molar-refractivity contribution is 7.99. The van der Waals surface area contributed by atoms with Gasteiger partial charge in [-0.25, -0.2) is 4.79 Å². The molecule has 8 heteroatoms. The number of benzene rings is 1. The lowest BCUT2D eigenvalue weighted by molar-refractivity contribution is -0.152. The Morgan fingerprint density at radius 2 is 2.04 bits per heavy atom. The number of piperazine rings is 1. The maximum absolute atomic E-state index is 12.4. The van der Waals surface area contributed by atoms with Crippen molar-refractivity contribution in [3.63, 3.8) is 0 Å². The minimum Gasteiger partial charge on any atom is -0.335 e. The van der Waals surface area contributed by atoms with Crippen LogP contribution in [0.25, 0.3) is 0 Å². The van der Waals surface area contributed by atoms with Crippen molar-refractivity contribution in [1.82, 2.24) is 20.0 Å². The summed E-state index contributed by atoms with van der Waals surface area (Å²) in [6.45, 7) is 1.19. The van der Waals surface area contributed by atoms with Gasteiger partial charge in [0.2, 0.25) is 11.8 Å². The average Bonchev–Trinajstić information content (AvgIpc) is 3.08. The Kier molecular flexibility index (Phi) is 6.26. The first kappa shape index (κ1) is 19.5. The molecule has 146 valence electrons. The fourth-order valence-electron chi connectivity index (χ4n) is 3.47. The molecule has 2 aliphatic heterocycles. The smallest absolute Gasteiger partial charge is 0.317 e. The van der Waals surface area contributed by atoms with Gasteiger partial charge in [-0.2, -0.15) is 0 Å². The quantitative estimate of drug-likeness (QED) is 0.586. The number of fused-ring (bicyclic) bond motifs is 1. The number of likely N-dealkylation sites (N-methyl/N-ethyl adjacent to an activating group) is 1. The maximum atomic E-state index is 12.4. The van der Waals surface area contributed by atoms with Gasteiger partial charge in [0, 0.05) is 32.1 Å². The molecule has 0 saturated carbocycles. The molecular formula is C19H26N4O3S. The summed E-state index contributed by atoms with van der Waals surface area (Å²) in [7, 11) is 3.42. The highest BCUT2D eigenvalue weighted by Gasteiger charge is 2.45. The Hall–Kier alpha value is -2.22. The predicted molar refractivity (Wildman–Crippen MR) is 104 cm³/mol. The maximum Gasteiger partial charge on any atom is 0.317 e. The topological polar surface area (TPSA) is 73.0 Å². The number of hydrogen-bond acceptors (Lipinski definition) is 4. The van der Waals surface area contributed by atoms with Crippen molar-refractivity contribution in [1.29, 1.82) is 0 Å². The van der Waals surface area contributed by atoms with Gasteiger partial charge in [0.25, 0.3) is 0 Å². The SMILES string of the molecule is CN(CCCSc1ccccc1)C(=O)N[C@@H]1C[C@H]2C(=O)N(C)CC(=O)N2C1. The summed E-state index contributed by atoms with van der Waals surface area (Å²) < 4.78 is 0. The first-order valence-corrected chi connectivity index (χ1v) is 10.2. The van der Waals surface area contributed by atoms with Crippen LogP contribution in [0, 0.1) is 0 Å². The molecule has 1 aromatic rings. The minimum atomic E-state index is -0.436. The van der Waals surface area contributed by atoms with E-state index in [1.165, 1.54) is 9.80 Å². The van der Waals surface area contributed by atoms with Gasteiger partial charge in [0.15, 0.2) is 0 Å². The van der Waals surface area contributed by atoms with E-state index in [4.69, 9.17) is 0 Å². The zero-order chi connectivity index (χ0) is 19.4. The first-order chi connectivity index (χ1) is 13.0. The average molecular weight is 391 g/mol. The van der Waals surface area contributed by atoms with Gasteiger partial charge in [-0.3, -0.25) is 9.59 Å². The molecule has 0 aromatic heterocycles. The number of rotatable bonds is 6. The van der Waals surface area contributed by atoms with Crippen LogP contribution in [-0.4, -0.2) is 84.1 Å². The van der Waals surface area contributed by atoms with Crippen LogP contribution in [0.5, 0.6) is 0 Å². The molecule has 0 aliphatic carbocycles. The normalized spacial score (nSPS) is 22.0. The van der Waals surface area contributed by atoms with E-state index in [2.05, 4.69) is 17.4 Å².